The Hall–Kier alpha value is -1.88. The third kappa shape index (κ3) is 2.78. The minimum Gasteiger partial charge on any atom is -0.496 e. The number of ketones is 1. The van der Waals surface area contributed by atoms with Crippen LogP contribution in [0.25, 0.3) is 0 Å². The van der Waals surface area contributed by atoms with E-state index in [1.807, 2.05) is 13.0 Å². The van der Waals surface area contributed by atoms with E-state index in [2.05, 4.69) is 15.9 Å². The average molecular weight is 352 g/mol. The Balaban J connectivity index is 2.68. The number of halogens is 2. The summed E-state index contributed by atoms with van der Waals surface area (Å²) in [5.41, 5.74) is 7.63. The number of anilines is 1. The Labute approximate surface area is 131 Å². The zero-order valence-electron chi connectivity index (χ0n) is 12.0. The maximum Gasteiger partial charge on any atom is 0.200 e. The van der Waals surface area contributed by atoms with Crippen LogP contribution >= 0.6 is 15.9 Å². The van der Waals surface area contributed by atoms with E-state index in [1.54, 1.807) is 6.92 Å². The van der Waals surface area contributed by atoms with Crippen molar-refractivity contribution in [3.8, 4) is 5.75 Å². The molecule has 110 valence electrons. The van der Waals surface area contributed by atoms with Gasteiger partial charge in [-0.2, -0.15) is 0 Å². The molecule has 0 radical (unpaired) electrons. The summed E-state index contributed by atoms with van der Waals surface area (Å²) in [6.45, 7) is 3.62. The normalized spacial score (nSPS) is 10.5. The number of ether oxygens (including phenoxy) is 1. The molecular weight excluding hydrogens is 337 g/mol. The van der Waals surface area contributed by atoms with Crippen LogP contribution in [0.5, 0.6) is 5.75 Å². The maximum absolute atomic E-state index is 14.0. The van der Waals surface area contributed by atoms with Crippen molar-refractivity contribution in [2.24, 2.45) is 0 Å². The molecule has 3 nitrogen and oxygen atoms in total. The highest BCUT2D eigenvalue weighted by atomic mass is 79.9. The first-order chi connectivity index (χ1) is 9.86. The second-order valence-corrected chi connectivity index (χ2v) is 5.63. The lowest BCUT2D eigenvalue weighted by atomic mass is 9.95. The minimum atomic E-state index is -0.640. The molecule has 0 fully saturated rings. The number of benzene rings is 2. The van der Waals surface area contributed by atoms with E-state index in [1.165, 1.54) is 19.2 Å². The maximum atomic E-state index is 14.0. The van der Waals surface area contributed by atoms with Gasteiger partial charge in [0.25, 0.3) is 0 Å². The lowest BCUT2D eigenvalue weighted by Crippen LogP contribution is -2.10. The molecule has 0 aromatic heterocycles. The molecule has 0 bridgehead atoms. The molecule has 5 heteroatoms. The third-order valence-corrected chi connectivity index (χ3v) is 4.15. The van der Waals surface area contributed by atoms with Gasteiger partial charge in [0.2, 0.25) is 0 Å². The van der Waals surface area contributed by atoms with Gasteiger partial charge in [-0.25, -0.2) is 4.39 Å². The van der Waals surface area contributed by atoms with E-state index < -0.39 is 11.6 Å². The van der Waals surface area contributed by atoms with Crippen molar-refractivity contribution >= 4 is 27.4 Å². The predicted octanol–water partition coefficient (Wildman–Crippen LogP) is 4.03. The molecule has 0 amide bonds. The zero-order chi connectivity index (χ0) is 15.7. The molecule has 2 aromatic rings. The summed E-state index contributed by atoms with van der Waals surface area (Å²) in [6, 6.07) is 5.90. The van der Waals surface area contributed by atoms with Crippen molar-refractivity contribution in [3.63, 3.8) is 0 Å². The van der Waals surface area contributed by atoms with Gasteiger partial charge < -0.3 is 10.5 Å². The predicted molar refractivity (Wildman–Crippen MR) is 84.4 cm³/mol. The Bertz CT molecular complexity index is 729. The van der Waals surface area contributed by atoms with Crippen LogP contribution < -0.4 is 10.5 Å². The van der Waals surface area contributed by atoms with Crippen LogP contribution in [0.15, 0.2) is 28.7 Å². The van der Waals surface area contributed by atoms with E-state index >= 15 is 0 Å². The summed E-state index contributed by atoms with van der Waals surface area (Å²) < 4.78 is 20.1. The van der Waals surface area contributed by atoms with Crippen molar-refractivity contribution in [2.75, 3.05) is 12.8 Å². The first kappa shape index (κ1) is 15.5. The fourth-order valence-electron chi connectivity index (χ4n) is 2.24. The summed E-state index contributed by atoms with van der Waals surface area (Å²) in [4.78, 5) is 12.7. The van der Waals surface area contributed by atoms with E-state index in [0.29, 0.717) is 16.9 Å². The van der Waals surface area contributed by atoms with Crippen molar-refractivity contribution in [2.45, 2.75) is 13.8 Å². The summed E-state index contributed by atoms with van der Waals surface area (Å²) >= 11 is 3.41. The van der Waals surface area contributed by atoms with Gasteiger partial charge >= 0.3 is 0 Å². The molecule has 2 rings (SSSR count). The van der Waals surface area contributed by atoms with Crippen LogP contribution in [0.3, 0.4) is 0 Å². The largest absolute Gasteiger partial charge is 0.496 e. The molecular formula is C16H15BrFNO2. The topological polar surface area (TPSA) is 52.3 Å². The highest BCUT2D eigenvalue weighted by Crippen LogP contribution is 2.34. The fraction of sp³-hybridized carbons (Fsp3) is 0.188. The van der Waals surface area contributed by atoms with Crippen LogP contribution in [0.2, 0.25) is 0 Å². The van der Waals surface area contributed by atoms with Crippen molar-refractivity contribution < 1.29 is 13.9 Å². The second-order valence-electron chi connectivity index (χ2n) is 4.78. The molecule has 0 unspecified atom stereocenters. The van der Waals surface area contributed by atoms with Gasteiger partial charge in [-0.15, -0.1) is 0 Å². The van der Waals surface area contributed by atoms with Gasteiger partial charge in [0.15, 0.2) is 5.78 Å². The SMILES string of the molecule is COc1c(C)cc(Br)c(C)c1C(=O)c1ccc(N)cc1F. The lowest BCUT2D eigenvalue weighted by molar-refractivity contribution is 0.103. The van der Waals surface area contributed by atoms with Gasteiger partial charge in [0.05, 0.1) is 18.2 Å². The second kappa shape index (κ2) is 5.85. The fourth-order valence-corrected chi connectivity index (χ4v) is 2.78. The summed E-state index contributed by atoms with van der Waals surface area (Å²) in [6.07, 6.45) is 0. The monoisotopic (exact) mass is 351 g/mol. The van der Waals surface area contributed by atoms with Gasteiger partial charge in [0.1, 0.15) is 11.6 Å². The molecule has 0 spiro atoms. The molecule has 2 aromatic carbocycles. The summed E-state index contributed by atoms with van der Waals surface area (Å²) in [7, 11) is 1.49. The first-order valence-electron chi connectivity index (χ1n) is 6.30. The van der Waals surface area contributed by atoms with E-state index in [0.717, 1.165) is 16.1 Å². The van der Waals surface area contributed by atoms with Crippen LogP contribution in [0, 0.1) is 19.7 Å². The molecule has 0 heterocycles. The quantitative estimate of drug-likeness (QED) is 0.670. The third-order valence-electron chi connectivity index (χ3n) is 3.33. The highest BCUT2D eigenvalue weighted by Gasteiger charge is 2.23. The number of rotatable bonds is 3. The number of carbonyl (C=O) groups excluding carboxylic acids is 1. The van der Waals surface area contributed by atoms with Crippen molar-refractivity contribution in [3.05, 3.63) is 56.8 Å². The number of hydrogen-bond acceptors (Lipinski definition) is 3. The molecule has 21 heavy (non-hydrogen) atoms. The van der Waals surface area contributed by atoms with Gasteiger partial charge in [-0.05, 0) is 49.2 Å². The molecule has 0 atom stereocenters. The number of methoxy groups -OCH3 is 1. The van der Waals surface area contributed by atoms with Crippen molar-refractivity contribution in [1.82, 2.24) is 0 Å². The van der Waals surface area contributed by atoms with Crippen LogP contribution in [0.1, 0.15) is 27.0 Å². The Morgan fingerprint density at radius 1 is 1.29 bits per heavy atom. The number of aryl methyl sites for hydroxylation is 1. The average Bonchev–Trinajstić information content (AvgIpc) is 2.41. The lowest BCUT2D eigenvalue weighted by Gasteiger charge is -2.15. The highest BCUT2D eigenvalue weighted by molar-refractivity contribution is 9.10. The van der Waals surface area contributed by atoms with Gasteiger partial charge in [-0.1, -0.05) is 15.9 Å². The Morgan fingerprint density at radius 2 is 1.95 bits per heavy atom. The molecule has 0 saturated carbocycles. The summed E-state index contributed by atoms with van der Waals surface area (Å²) in [5.74, 6) is -0.609. The van der Waals surface area contributed by atoms with Crippen LogP contribution in [-0.4, -0.2) is 12.9 Å². The standard InChI is InChI=1S/C16H15BrFNO2/c1-8-6-12(17)9(2)14(16(8)21-3)15(20)11-5-4-10(19)7-13(11)18/h4-7H,19H2,1-3H3. The number of nitrogens with two attached hydrogens (primary N) is 1. The molecule has 0 aliphatic heterocycles. The van der Waals surface area contributed by atoms with E-state index in [-0.39, 0.29) is 11.3 Å². The molecule has 0 aliphatic carbocycles. The van der Waals surface area contributed by atoms with Crippen LogP contribution in [-0.2, 0) is 0 Å². The van der Waals surface area contributed by atoms with Crippen molar-refractivity contribution in [1.29, 1.82) is 0 Å². The summed E-state index contributed by atoms with van der Waals surface area (Å²) in [5, 5.41) is 0. The minimum absolute atomic E-state index is 0.0249. The Morgan fingerprint density at radius 3 is 2.52 bits per heavy atom. The Kier molecular flexibility index (Phi) is 4.32. The zero-order valence-corrected chi connectivity index (χ0v) is 13.5. The van der Waals surface area contributed by atoms with Gasteiger partial charge in [0, 0.05) is 10.2 Å². The first-order valence-corrected chi connectivity index (χ1v) is 7.09. The number of carbonyl (C=O) groups is 1. The number of nitrogen functional groups attached to an aromatic ring is 1. The van der Waals surface area contributed by atoms with Gasteiger partial charge in [-0.3, -0.25) is 4.79 Å². The van der Waals surface area contributed by atoms with Crippen LogP contribution in [0.4, 0.5) is 10.1 Å². The van der Waals surface area contributed by atoms with E-state index in [4.69, 9.17) is 10.5 Å². The molecule has 2 N–H and O–H groups in total. The number of hydrogen-bond donors (Lipinski definition) is 1. The van der Waals surface area contributed by atoms with E-state index in [9.17, 15) is 9.18 Å². The molecule has 0 aliphatic rings. The smallest absolute Gasteiger partial charge is 0.200 e. The molecule has 0 saturated heterocycles.